The summed E-state index contributed by atoms with van der Waals surface area (Å²) < 4.78 is 18.3. The summed E-state index contributed by atoms with van der Waals surface area (Å²) in [5.41, 5.74) is 2.42. The molecule has 0 N–H and O–H groups in total. The van der Waals surface area contributed by atoms with E-state index in [1.54, 1.807) is 49.4 Å². The van der Waals surface area contributed by atoms with Gasteiger partial charge in [-0.2, -0.15) is 0 Å². The highest BCUT2D eigenvalue weighted by atomic mass is 35.5. The highest BCUT2D eigenvalue weighted by Crippen LogP contribution is 2.38. The van der Waals surface area contributed by atoms with E-state index >= 15 is 0 Å². The third-order valence-electron chi connectivity index (χ3n) is 6.34. The number of carbonyl (C=O) groups is 1. The second kappa shape index (κ2) is 10.4. The molecule has 1 atom stereocenters. The highest BCUT2D eigenvalue weighted by Gasteiger charge is 2.35. The fraction of sp³-hybridized carbons (Fsp3) is 0.138. The minimum absolute atomic E-state index is 0.108. The number of esters is 1. The second-order valence-electron chi connectivity index (χ2n) is 8.71. The van der Waals surface area contributed by atoms with Crippen LogP contribution in [0.1, 0.15) is 29.7 Å². The molecule has 0 bridgehead atoms. The minimum atomic E-state index is -0.790. The molecule has 39 heavy (non-hydrogen) atoms. The molecule has 0 spiro atoms. The second-order valence-corrected chi connectivity index (χ2v) is 10.6. The van der Waals surface area contributed by atoms with E-state index in [-0.39, 0.29) is 24.5 Å². The first-order valence-electron chi connectivity index (χ1n) is 12.1. The van der Waals surface area contributed by atoms with E-state index in [0.29, 0.717) is 47.7 Å². The van der Waals surface area contributed by atoms with E-state index in [1.165, 1.54) is 15.9 Å². The lowest BCUT2D eigenvalue weighted by Gasteiger charge is -2.25. The van der Waals surface area contributed by atoms with E-state index < -0.39 is 12.0 Å². The normalized spacial score (nSPS) is 16.2. The van der Waals surface area contributed by atoms with Gasteiger partial charge >= 0.3 is 5.97 Å². The van der Waals surface area contributed by atoms with E-state index in [2.05, 4.69) is 0 Å². The van der Waals surface area contributed by atoms with Gasteiger partial charge in [0.1, 0.15) is 0 Å². The quantitative estimate of drug-likeness (QED) is 0.312. The average molecular weight is 579 g/mol. The van der Waals surface area contributed by atoms with Gasteiger partial charge in [-0.3, -0.25) is 9.36 Å². The first-order chi connectivity index (χ1) is 18.9. The Labute approximate surface area is 236 Å². The van der Waals surface area contributed by atoms with E-state index in [1.807, 2.05) is 30.3 Å². The molecule has 0 fully saturated rings. The summed E-state index contributed by atoms with van der Waals surface area (Å²) in [7, 11) is 0. The van der Waals surface area contributed by atoms with Crippen LogP contribution in [0.25, 0.3) is 11.8 Å². The zero-order valence-corrected chi connectivity index (χ0v) is 22.8. The number of fused-ring (bicyclic) bond motifs is 2. The van der Waals surface area contributed by atoms with Gasteiger partial charge in [0.15, 0.2) is 16.3 Å². The predicted molar refractivity (Wildman–Crippen MR) is 150 cm³/mol. The van der Waals surface area contributed by atoms with Gasteiger partial charge in [0.2, 0.25) is 6.79 Å². The standard InChI is InChI=1S/C29H20Cl2N2O5S/c1-2-36-28(35)24-25(16-6-4-3-5-7-16)32-29-33(26(24)17-8-10-19(30)11-9-17)27(34)23(39-29)13-18-12-21-22(14-20(18)31)38-15-37-21/h3-14,26H,2,15H2,1H3/b23-13+. The molecule has 3 heterocycles. The SMILES string of the molecule is CCOC(=O)C1=C(c2ccccc2)N=c2s/c(=C/c3cc4c(cc3Cl)OCO4)c(=O)n2C1c1ccc(Cl)cc1. The zero-order valence-electron chi connectivity index (χ0n) is 20.5. The number of hydrogen-bond donors (Lipinski definition) is 0. The van der Waals surface area contributed by atoms with E-state index in [0.717, 1.165) is 5.56 Å². The number of aromatic nitrogens is 1. The van der Waals surface area contributed by atoms with Crippen LogP contribution >= 0.6 is 34.5 Å². The van der Waals surface area contributed by atoms with Crippen LogP contribution in [0.4, 0.5) is 0 Å². The van der Waals surface area contributed by atoms with Crippen LogP contribution in [0.3, 0.4) is 0 Å². The first-order valence-corrected chi connectivity index (χ1v) is 13.6. The van der Waals surface area contributed by atoms with Crippen molar-refractivity contribution in [1.82, 2.24) is 4.57 Å². The summed E-state index contributed by atoms with van der Waals surface area (Å²) >= 11 is 13.9. The van der Waals surface area contributed by atoms with Crippen LogP contribution in [-0.4, -0.2) is 23.9 Å². The fourth-order valence-corrected chi connectivity index (χ4v) is 5.91. The molecular formula is C29H20Cl2N2O5S. The molecule has 0 amide bonds. The Morgan fingerprint density at radius 1 is 1.10 bits per heavy atom. The Balaban J connectivity index is 1.63. The topological polar surface area (TPSA) is 79.1 Å². The summed E-state index contributed by atoms with van der Waals surface area (Å²) in [6.45, 7) is 2.02. The van der Waals surface area contributed by atoms with Gasteiger partial charge in [0.25, 0.3) is 5.56 Å². The summed E-state index contributed by atoms with van der Waals surface area (Å²) in [6.07, 6.45) is 1.70. The predicted octanol–water partition coefficient (Wildman–Crippen LogP) is 4.97. The smallest absolute Gasteiger partial charge is 0.338 e. The molecule has 10 heteroatoms. The molecular weight excluding hydrogens is 559 g/mol. The van der Waals surface area contributed by atoms with Gasteiger partial charge < -0.3 is 14.2 Å². The molecule has 1 aromatic heterocycles. The number of rotatable bonds is 5. The van der Waals surface area contributed by atoms with Crippen molar-refractivity contribution in [2.45, 2.75) is 13.0 Å². The van der Waals surface area contributed by atoms with Crippen molar-refractivity contribution in [2.24, 2.45) is 4.99 Å². The molecule has 4 aromatic rings. The van der Waals surface area contributed by atoms with Gasteiger partial charge in [-0.25, -0.2) is 9.79 Å². The summed E-state index contributed by atoms with van der Waals surface area (Å²) in [6, 6.07) is 19.0. The molecule has 0 saturated heterocycles. The van der Waals surface area contributed by atoms with Crippen LogP contribution in [-0.2, 0) is 9.53 Å². The number of thiazole rings is 1. The molecule has 6 rings (SSSR count). The Morgan fingerprint density at radius 3 is 2.54 bits per heavy atom. The molecule has 7 nitrogen and oxygen atoms in total. The first kappa shape index (κ1) is 25.4. The molecule has 0 aliphatic carbocycles. The van der Waals surface area contributed by atoms with Crippen LogP contribution in [0, 0.1) is 0 Å². The largest absolute Gasteiger partial charge is 0.463 e. The average Bonchev–Trinajstić information content (AvgIpc) is 3.52. The maximum atomic E-state index is 14.0. The van der Waals surface area contributed by atoms with Crippen LogP contribution in [0.2, 0.25) is 10.0 Å². The summed E-state index contributed by atoms with van der Waals surface area (Å²) in [5, 5.41) is 0.949. The molecule has 2 aliphatic heterocycles. The van der Waals surface area contributed by atoms with Crippen molar-refractivity contribution < 1.29 is 19.0 Å². The zero-order chi connectivity index (χ0) is 27.1. The van der Waals surface area contributed by atoms with Gasteiger partial charge in [0.05, 0.1) is 33.5 Å². The number of hydrogen-bond acceptors (Lipinski definition) is 7. The summed E-state index contributed by atoms with van der Waals surface area (Å²) in [4.78, 5) is 32.7. The Kier molecular flexibility index (Phi) is 6.76. The Morgan fingerprint density at radius 2 is 1.82 bits per heavy atom. The minimum Gasteiger partial charge on any atom is -0.463 e. The maximum Gasteiger partial charge on any atom is 0.338 e. The van der Waals surface area contributed by atoms with Crippen LogP contribution < -0.4 is 24.4 Å². The third-order valence-corrected chi connectivity index (χ3v) is 7.90. The van der Waals surface area contributed by atoms with Gasteiger partial charge in [0, 0.05) is 16.7 Å². The fourth-order valence-electron chi connectivity index (χ4n) is 4.59. The van der Waals surface area contributed by atoms with Crippen molar-refractivity contribution in [3.05, 3.63) is 119 Å². The number of halogens is 2. The van der Waals surface area contributed by atoms with Crippen LogP contribution in [0.5, 0.6) is 11.5 Å². The molecule has 0 saturated carbocycles. The van der Waals surface area contributed by atoms with Gasteiger partial charge in [-0.1, -0.05) is 77.0 Å². The molecule has 196 valence electrons. The number of nitrogens with zero attached hydrogens (tertiary/aromatic N) is 2. The number of benzene rings is 3. The molecule has 3 aromatic carbocycles. The highest BCUT2D eigenvalue weighted by molar-refractivity contribution is 7.07. The number of carbonyl (C=O) groups excluding carboxylic acids is 1. The van der Waals surface area contributed by atoms with Crippen LogP contribution in [0.15, 0.2) is 82.1 Å². The molecule has 0 radical (unpaired) electrons. The van der Waals surface area contributed by atoms with Gasteiger partial charge in [-0.15, -0.1) is 0 Å². The third kappa shape index (κ3) is 4.65. The lowest BCUT2D eigenvalue weighted by Crippen LogP contribution is -2.40. The van der Waals surface area contributed by atoms with Crippen molar-refractivity contribution >= 4 is 52.3 Å². The van der Waals surface area contributed by atoms with Gasteiger partial charge in [-0.05, 0) is 42.3 Å². The van der Waals surface area contributed by atoms with Crippen molar-refractivity contribution in [3.8, 4) is 11.5 Å². The van der Waals surface area contributed by atoms with E-state index in [9.17, 15) is 9.59 Å². The monoisotopic (exact) mass is 578 g/mol. The lowest BCUT2D eigenvalue weighted by molar-refractivity contribution is -0.138. The molecule has 1 unspecified atom stereocenters. The molecule has 2 aliphatic rings. The van der Waals surface area contributed by atoms with Crippen molar-refractivity contribution in [2.75, 3.05) is 13.4 Å². The van der Waals surface area contributed by atoms with Crippen molar-refractivity contribution in [3.63, 3.8) is 0 Å². The van der Waals surface area contributed by atoms with Crippen molar-refractivity contribution in [1.29, 1.82) is 0 Å². The maximum absolute atomic E-state index is 14.0. The Bertz CT molecular complexity index is 1810. The summed E-state index contributed by atoms with van der Waals surface area (Å²) in [5.74, 6) is 0.550. The number of ether oxygens (including phenoxy) is 3. The van der Waals surface area contributed by atoms with E-state index in [4.69, 9.17) is 42.4 Å². The Hall–Kier alpha value is -3.85. The lowest BCUT2D eigenvalue weighted by atomic mass is 9.93.